The molecule has 3 aromatic heterocycles. The predicted molar refractivity (Wildman–Crippen MR) is 94.3 cm³/mol. The Morgan fingerprint density at radius 1 is 1.27 bits per heavy atom. The summed E-state index contributed by atoms with van der Waals surface area (Å²) in [5.74, 6) is 2.90. The van der Waals surface area contributed by atoms with Crippen molar-refractivity contribution in [3.8, 4) is 0 Å². The van der Waals surface area contributed by atoms with E-state index in [9.17, 15) is 4.79 Å². The highest BCUT2D eigenvalue weighted by atomic mass is 16.4. The van der Waals surface area contributed by atoms with Crippen LogP contribution in [-0.2, 0) is 26.2 Å². The van der Waals surface area contributed by atoms with Crippen LogP contribution in [0.15, 0.2) is 45.6 Å². The number of rotatable bonds is 5. The maximum atomic E-state index is 12.6. The molecule has 0 fully saturated rings. The van der Waals surface area contributed by atoms with Crippen LogP contribution >= 0.6 is 0 Å². The Balaban J connectivity index is 1.41. The summed E-state index contributed by atoms with van der Waals surface area (Å²) in [6.45, 7) is 5.20. The highest BCUT2D eigenvalue weighted by Gasteiger charge is 2.25. The summed E-state index contributed by atoms with van der Waals surface area (Å²) in [6, 6.07) is 7.40. The number of amides is 1. The van der Waals surface area contributed by atoms with Crippen molar-refractivity contribution in [3.05, 3.63) is 65.5 Å². The first kappa shape index (κ1) is 16.7. The topological polar surface area (TPSA) is 67.7 Å². The van der Waals surface area contributed by atoms with Crippen LogP contribution in [0.3, 0.4) is 0 Å². The van der Waals surface area contributed by atoms with Gasteiger partial charge >= 0.3 is 0 Å². The van der Waals surface area contributed by atoms with Crippen molar-refractivity contribution in [3.63, 3.8) is 0 Å². The zero-order valence-electron chi connectivity index (χ0n) is 15.0. The first-order valence-corrected chi connectivity index (χ1v) is 8.70. The van der Waals surface area contributed by atoms with Crippen LogP contribution in [0.25, 0.3) is 0 Å². The molecule has 0 unspecified atom stereocenters. The fourth-order valence-corrected chi connectivity index (χ4v) is 3.27. The van der Waals surface area contributed by atoms with Crippen molar-refractivity contribution in [2.45, 2.75) is 33.1 Å². The molecule has 0 atom stereocenters. The number of carbonyl (C=O) groups excluding carboxylic acids is 1. The van der Waals surface area contributed by atoms with E-state index in [-0.39, 0.29) is 5.91 Å². The summed E-state index contributed by atoms with van der Waals surface area (Å²) in [6.07, 6.45) is 3.76. The Labute approximate surface area is 151 Å². The zero-order chi connectivity index (χ0) is 18.1. The molecule has 1 aliphatic rings. The molecule has 26 heavy (non-hydrogen) atoms. The Morgan fingerprint density at radius 3 is 2.88 bits per heavy atom. The number of aromatic nitrogens is 2. The third kappa shape index (κ3) is 3.43. The van der Waals surface area contributed by atoms with Gasteiger partial charge in [0.05, 0.1) is 25.0 Å². The van der Waals surface area contributed by atoms with Crippen LogP contribution in [-0.4, -0.2) is 38.9 Å². The van der Waals surface area contributed by atoms with Crippen molar-refractivity contribution >= 4 is 5.91 Å². The molecule has 0 bridgehead atoms. The first-order chi connectivity index (χ1) is 12.6. The molecule has 0 saturated carbocycles. The van der Waals surface area contributed by atoms with Crippen LogP contribution < -0.4 is 0 Å². The molecule has 1 aliphatic heterocycles. The molecule has 136 valence electrons. The van der Waals surface area contributed by atoms with Gasteiger partial charge in [-0.05, 0) is 38.2 Å². The van der Waals surface area contributed by atoms with Gasteiger partial charge in [0.15, 0.2) is 5.76 Å². The van der Waals surface area contributed by atoms with Crippen molar-refractivity contribution in [2.75, 3.05) is 13.6 Å². The van der Waals surface area contributed by atoms with Gasteiger partial charge in [0.25, 0.3) is 5.91 Å². The second-order valence-electron chi connectivity index (χ2n) is 6.73. The van der Waals surface area contributed by atoms with E-state index >= 15 is 0 Å². The van der Waals surface area contributed by atoms with Crippen molar-refractivity contribution in [1.29, 1.82) is 0 Å². The third-order valence-electron chi connectivity index (χ3n) is 4.53. The van der Waals surface area contributed by atoms with E-state index in [0.29, 0.717) is 18.8 Å². The SMILES string of the molecule is Cc1ccc(C(=O)N2CCn3cc(CN(C)Cc4ccco4)nc3C2)o1. The van der Waals surface area contributed by atoms with E-state index in [1.54, 1.807) is 17.2 Å². The van der Waals surface area contributed by atoms with Crippen molar-refractivity contribution < 1.29 is 13.6 Å². The number of nitrogens with zero attached hydrogens (tertiary/aromatic N) is 4. The number of aryl methyl sites for hydroxylation is 1. The lowest BCUT2D eigenvalue weighted by atomic mass is 10.3. The molecule has 1 amide bonds. The molecular weight excluding hydrogens is 332 g/mol. The molecule has 0 N–H and O–H groups in total. The highest BCUT2D eigenvalue weighted by molar-refractivity contribution is 5.91. The molecule has 4 heterocycles. The Bertz CT molecular complexity index is 894. The summed E-state index contributed by atoms with van der Waals surface area (Å²) < 4.78 is 13.0. The maximum Gasteiger partial charge on any atom is 0.290 e. The summed E-state index contributed by atoms with van der Waals surface area (Å²) in [7, 11) is 2.04. The number of hydrogen-bond acceptors (Lipinski definition) is 5. The van der Waals surface area contributed by atoms with E-state index in [0.717, 1.165) is 42.7 Å². The molecular formula is C19H22N4O3. The number of hydrogen-bond donors (Lipinski definition) is 0. The lowest BCUT2D eigenvalue weighted by Crippen LogP contribution is -2.38. The smallest absolute Gasteiger partial charge is 0.290 e. The van der Waals surface area contributed by atoms with Crippen LogP contribution in [0.2, 0.25) is 0 Å². The minimum Gasteiger partial charge on any atom is -0.468 e. The monoisotopic (exact) mass is 354 g/mol. The van der Waals surface area contributed by atoms with Gasteiger partial charge in [-0.3, -0.25) is 9.69 Å². The number of furan rings is 2. The van der Waals surface area contributed by atoms with E-state index in [1.807, 2.05) is 32.2 Å². The average molecular weight is 354 g/mol. The van der Waals surface area contributed by atoms with Gasteiger partial charge in [-0.2, -0.15) is 0 Å². The van der Waals surface area contributed by atoms with Crippen molar-refractivity contribution in [1.82, 2.24) is 19.4 Å². The van der Waals surface area contributed by atoms with Gasteiger partial charge in [-0.25, -0.2) is 4.98 Å². The first-order valence-electron chi connectivity index (χ1n) is 8.70. The van der Waals surface area contributed by atoms with E-state index < -0.39 is 0 Å². The largest absolute Gasteiger partial charge is 0.468 e. The molecule has 0 radical (unpaired) electrons. The summed E-state index contributed by atoms with van der Waals surface area (Å²) in [5.41, 5.74) is 0.997. The number of imidazole rings is 1. The second-order valence-corrected chi connectivity index (χ2v) is 6.73. The van der Waals surface area contributed by atoms with Crippen LogP contribution in [0.1, 0.15) is 33.6 Å². The van der Waals surface area contributed by atoms with Crippen LogP contribution in [0.5, 0.6) is 0 Å². The van der Waals surface area contributed by atoms with Gasteiger partial charge in [-0.15, -0.1) is 0 Å². The lowest BCUT2D eigenvalue weighted by Gasteiger charge is -2.26. The van der Waals surface area contributed by atoms with E-state index in [1.165, 1.54) is 0 Å². The van der Waals surface area contributed by atoms with E-state index in [4.69, 9.17) is 13.8 Å². The summed E-state index contributed by atoms with van der Waals surface area (Å²) >= 11 is 0. The molecule has 0 aliphatic carbocycles. The minimum absolute atomic E-state index is 0.0798. The van der Waals surface area contributed by atoms with Gasteiger partial charge in [0.2, 0.25) is 0 Å². The molecule has 0 saturated heterocycles. The fraction of sp³-hybridized carbons (Fsp3) is 0.368. The Kier molecular flexibility index (Phi) is 4.38. The molecule has 7 heteroatoms. The maximum absolute atomic E-state index is 12.6. The minimum atomic E-state index is -0.0798. The Hall–Kier alpha value is -2.80. The molecule has 0 spiro atoms. The standard InChI is InChI=1S/C19H22N4O3/c1-14-5-6-17(26-14)19(24)23-8-7-22-11-15(20-18(22)13-23)10-21(2)12-16-4-3-9-25-16/h3-6,9,11H,7-8,10,12-13H2,1-2H3. The van der Waals surface area contributed by atoms with E-state index in [2.05, 4.69) is 15.7 Å². The number of fused-ring (bicyclic) bond motifs is 1. The van der Waals surface area contributed by atoms with Crippen molar-refractivity contribution in [2.24, 2.45) is 0 Å². The van der Waals surface area contributed by atoms with Gasteiger partial charge in [-0.1, -0.05) is 0 Å². The molecule has 3 aromatic rings. The Morgan fingerprint density at radius 2 is 2.15 bits per heavy atom. The predicted octanol–water partition coefficient (Wildman–Crippen LogP) is 2.67. The fourth-order valence-electron chi connectivity index (χ4n) is 3.27. The van der Waals surface area contributed by atoms with Gasteiger partial charge < -0.3 is 18.3 Å². The van der Waals surface area contributed by atoms with Crippen LogP contribution in [0.4, 0.5) is 0 Å². The normalized spacial score (nSPS) is 14.0. The van der Waals surface area contributed by atoms with Gasteiger partial charge in [0, 0.05) is 25.8 Å². The second kappa shape index (κ2) is 6.84. The molecule has 7 nitrogen and oxygen atoms in total. The van der Waals surface area contributed by atoms with Crippen LogP contribution in [0, 0.1) is 6.92 Å². The average Bonchev–Trinajstić information content (AvgIpc) is 3.34. The lowest BCUT2D eigenvalue weighted by molar-refractivity contribution is 0.0673. The highest BCUT2D eigenvalue weighted by Crippen LogP contribution is 2.18. The molecule has 4 rings (SSSR count). The molecule has 0 aromatic carbocycles. The van der Waals surface area contributed by atoms with Gasteiger partial charge in [0.1, 0.15) is 17.3 Å². The summed E-state index contributed by atoms with van der Waals surface area (Å²) in [5, 5.41) is 0. The number of carbonyl (C=O) groups is 1. The quantitative estimate of drug-likeness (QED) is 0.705. The zero-order valence-corrected chi connectivity index (χ0v) is 15.0. The summed E-state index contributed by atoms with van der Waals surface area (Å²) in [4.78, 5) is 21.2. The third-order valence-corrected chi connectivity index (χ3v) is 4.53.